The summed E-state index contributed by atoms with van der Waals surface area (Å²) >= 11 is 0. The lowest BCUT2D eigenvalue weighted by Crippen LogP contribution is -2.25. The first-order valence-electron chi connectivity index (χ1n) is 9.68. The number of nitrogens with one attached hydrogen (secondary N) is 2. The van der Waals surface area contributed by atoms with Crippen LogP contribution in [-0.2, 0) is 11.8 Å². The van der Waals surface area contributed by atoms with Crippen molar-refractivity contribution >= 4 is 34.2 Å². The van der Waals surface area contributed by atoms with Gasteiger partial charge in [0.25, 0.3) is 0 Å². The van der Waals surface area contributed by atoms with Crippen molar-refractivity contribution in [3.8, 4) is 11.1 Å². The molecule has 2 heterocycles. The van der Waals surface area contributed by atoms with Crippen LogP contribution in [0.3, 0.4) is 0 Å². The van der Waals surface area contributed by atoms with Crippen molar-refractivity contribution < 1.29 is 9.90 Å². The molecule has 4 rings (SSSR count). The predicted molar refractivity (Wildman–Crippen MR) is 119 cm³/mol. The van der Waals surface area contributed by atoms with Crippen molar-refractivity contribution in [2.24, 2.45) is 7.05 Å². The minimum atomic E-state index is -0.920. The fourth-order valence-electron chi connectivity index (χ4n) is 3.44. The fourth-order valence-corrected chi connectivity index (χ4v) is 3.44. The van der Waals surface area contributed by atoms with Crippen LogP contribution in [0.25, 0.3) is 22.2 Å². The Hall–Kier alpha value is -3.87. The molecule has 0 aliphatic heterocycles. The molecular formula is C23H23N5O2. The zero-order chi connectivity index (χ0) is 21.3. The highest BCUT2D eigenvalue weighted by Crippen LogP contribution is 2.32. The molecule has 2 aromatic heterocycles. The number of aryl methyl sites for hydroxylation is 1. The second-order valence-electron chi connectivity index (χ2n) is 7.24. The fraction of sp³-hybridized carbons (Fsp3) is 0.174. The maximum Gasteiger partial charge on any atom is 0.325 e. The number of fused-ring (bicyclic) bond motifs is 1. The standard InChI is InChI=1S/C23H23N5O2/c1-14-18(16-8-5-4-6-9-16)10-7-11-19(14)26-22-21-20(28(3)27-22)12-17(13-24-21)25-15(2)23(29)30/h4-13,15,25H,1-3H3,(H,26,27)(H,29,30). The summed E-state index contributed by atoms with van der Waals surface area (Å²) in [5.74, 6) is -0.269. The lowest BCUT2D eigenvalue weighted by molar-refractivity contribution is -0.137. The van der Waals surface area contributed by atoms with Crippen LogP contribution in [0.15, 0.2) is 60.8 Å². The van der Waals surface area contributed by atoms with Crippen LogP contribution in [0, 0.1) is 6.92 Å². The van der Waals surface area contributed by atoms with Crippen LogP contribution >= 0.6 is 0 Å². The van der Waals surface area contributed by atoms with Crippen LogP contribution < -0.4 is 10.6 Å². The van der Waals surface area contributed by atoms with E-state index in [2.05, 4.69) is 45.8 Å². The molecule has 0 saturated heterocycles. The summed E-state index contributed by atoms with van der Waals surface area (Å²) < 4.78 is 1.73. The van der Waals surface area contributed by atoms with E-state index in [1.165, 1.54) is 0 Å². The Labute approximate surface area is 174 Å². The Morgan fingerprint density at radius 3 is 2.63 bits per heavy atom. The molecule has 0 aliphatic rings. The molecule has 4 aromatic rings. The third kappa shape index (κ3) is 3.69. The van der Waals surface area contributed by atoms with E-state index in [1.54, 1.807) is 17.8 Å². The van der Waals surface area contributed by atoms with Crippen molar-refractivity contribution in [2.75, 3.05) is 10.6 Å². The molecule has 1 atom stereocenters. The first-order valence-corrected chi connectivity index (χ1v) is 9.68. The Morgan fingerprint density at radius 2 is 1.90 bits per heavy atom. The van der Waals surface area contributed by atoms with E-state index in [9.17, 15) is 4.79 Å². The van der Waals surface area contributed by atoms with E-state index in [1.807, 2.05) is 43.4 Å². The molecule has 0 radical (unpaired) electrons. The van der Waals surface area contributed by atoms with Gasteiger partial charge in [0.2, 0.25) is 0 Å². The monoisotopic (exact) mass is 401 g/mol. The van der Waals surface area contributed by atoms with Crippen molar-refractivity contribution in [1.82, 2.24) is 14.8 Å². The average Bonchev–Trinajstić information content (AvgIpc) is 3.05. The van der Waals surface area contributed by atoms with Gasteiger partial charge in [0, 0.05) is 12.7 Å². The van der Waals surface area contributed by atoms with Crippen molar-refractivity contribution in [1.29, 1.82) is 0 Å². The molecule has 0 aliphatic carbocycles. The molecule has 2 aromatic carbocycles. The number of hydrogen-bond donors (Lipinski definition) is 3. The number of carboxylic acids is 1. The van der Waals surface area contributed by atoms with E-state index in [-0.39, 0.29) is 0 Å². The van der Waals surface area contributed by atoms with Gasteiger partial charge in [0.1, 0.15) is 11.6 Å². The first kappa shape index (κ1) is 19.4. The van der Waals surface area contributed by atoms with E-state index in [0.29, 0.717) is 11.5 Å². The van der Waals surface area contributed by atoms with Crippen molar-refractivity contribution in [3.63, 3.8) is 0 Å². The summed E-state index contributed by atoms with van der Waals surface area (Å²) in [6, 6.07) is 17.5. The van der Waals surface area contributed by atoms with Gasteiger partial charge >= 0.3 is 5.97 Å². The SMILES string of the molecule is Cc1c(Nc2nn(C)c3cc(NC(C)C(=O)O)cnc23)cccc1-c1ccccc1. The second-order valence-corrected chi connectivity index (χ2v) is 7.24. The number of carbonyl (C=O) groups is 1. The summed E-state index contributed by atoms with van der Waals surface area (Å²) in [6.07, 6.45) is 1.63. The lowest BCUT2D eigenvalue weighted by atomic mass is 9.99. The number of hydrogen-bond acceptors (Lipinski definition) is 5. The lowest BCUT2D eigenvalue weighted by Gasteiger charge is -2.12. The minimum Gasteiger partial charge on any atom is -0.480 e. The first-order chi connectivity index (χ1) is 14.4. The van der Waals surface area contributed by atoms with Gasteiger partial charge in [-0.15, -0.1) is 0 Å². The van der Waals surface area contributed by atoms with Gasteiger partial charge in [-0.3, -0.25) is 9.48 Å². The molecule has 0 bridgehead atoms. The maximum absolute atomic E-state index is 11.1. The van der Waals surface area contributed by atoms with Crippen molar-refractivity contribution in [2.45, 2.75) is 19.9 Å². The van der Waals surface area contributed by atoms with Gasteiger partial charge in [-0.1, -0.05) is 42.5 Å². The largest absolute Gasteiger partial charge is 0.480 e. The van der Waals surface area contributed by atoms with Gasteiger partial charge in [-0.25, -0.2) is 4.98 Å². The van der Waals surface area contributed by atoms with Crippen LogP contribution in [-0.4, -0.2) is 31.9 Å². The predicted octanol–water partition coefficient (Wildman–Crippen LogP) is 4.57. The van der Waals surface area contributed by atoms with Crippen LogP contribution in [0.4, 0.5) is 17.2 Å². The Bertz CT molecular complexity index is 1220. The van der Waals surface area contributed by atoms with Gasteiger partial charge in [0.05, 0.1) is 17.4 Å². The summed E-state index contributed by atoms with van der Waals surface area (Å²) in [4.78, 5) is 15.6. The zero-order valence-electron chi connectivity index (χ0n) is 17.0. The topological polar surface area (TPSA) is 92.1 Å². The average molecular weight is 401 g/mol. The number of nitrogens with zero attached hydrogens (tertiary/aromatic N) is 3. The summed E-state index contributed by atoms with van der Waals surface area (Å²) in [5.41, 5.74) is 6.55. The highest BCUT2D eigenvalue weighted by molar-refractivity contribution is 5.91. The molecule has 30 heavy (non-hydrogen) atoms. The van der Waals surface area contributed by atoms with E-state index in [0.717, 1.165) is 33.4 Å². The molecule has 0 amide bonds. The van der Waals surface area contributed by atoms with Gasteiger partial charge in [0.15, 0.2) is 5.82 Å². The summed E-state index contributed by atoms with van der Waals surface area (Å²) in [6.45, 7) is 3.67. The molecule has 0 saturated carbocycles. The third-order valence-electron chi connectivity index (χ3n) is 5.12. The second kappa shape index (κ2) is 7.87. The van der Waals surface area contributed by atoms with Gasteiger partial charge in [-0.05, 0) is 42.7 Å². The maximum atomic E-state index is 11.1. The number of pyridine rings is 1. The number of carboxylic acid groups (broad SMARTS) is 1. The molecule has 0 fully saturated rings. The minimum absolute atomic E-state index is 0.634. The molecule has 7 nitrogen and oxygen atoms in total. The quantitative estimate of drug-likeness (QED) is 0.438. The normalized spacial score (nSPS) is 12.0. The number of anilines is 3. The Morgan fingerprint density at radius 1 is 1.13 bits per heavy atom. The van der Waals surface area contributed by atoms with Crippen LogP contribution in [0.1, 0.15) is 12.5 Å². The summed E-state index contributed by atoms with van der Waals surface area (Å²) in [7, 11) is 1.84. The number of benzene rings is 2. The molecule has 7 heteroatoms. The van der Waals surface area contributed by atoms with E-state index < -0.39 is 12.0 Å². The van der Waals surface area contributed by atoms with Crippen LogP contribution in [0.5, 0.6) is 0 Å². The molecule has 1 unspecified atom stereocenters. The molecule has 3 N–H and O–H groups in total. The summed E-state index contributed by atoms with van der Waals surface area (Å²) in [5, 5.41) is 20.0. The molecule has 0 spiro atoms. The smallest absolute Gasteiger partial charge is 0.325 e. The highest BCUT2D eigenvalue weighted by Gasteiger charge is 2.15. The van der Waals surface area contributed by atoms with E-state index in [4.69, 9.17) is 5.11 Å². The van der Waals surface area contributed by atoms with E-state index >= 15 is 0 Å². The number of aromatic nitrogens is 3. The molecule has 152 valence electrons. The number of rotatable bonds is 6. The van der Waals surface area contributed by atoms with Crippen LogP contribution in [0.2, 0.25) is 0 Å². The van der Waals surface area contributed by atoms with Crippen molar-refractivity contribution in [3.05, 3.63) is 66.4 Å². The highest BCUT2D eigenvalue weighted by atomic mass is 16.4. The number of aliphatic carboxylic acids is 1. The third-order valence-corrected chi connectivity index (χ3v) is 5.12. The molecular weight excluding hydrogens is 378 g/mol. The zero-order valence-corrected chi connectivity index (χ0v) is 17.0. The Balaban J connectivity index is 1.67. The Kier molecular flexibility index (Phi) is 5.10. The van der Waals surface area contributed by atoms with Gasteiger partial charge < -0.3 is 15.7 Å². The van der Waals surface area contributed by atoms with Gasteiger partial charge in [-0.2, -0.15) is 5.10 Å².